The van der Waals surface area contributed by atoms with E-state index >= 15 is 0 Å². The van der Waals surface area contributed by atoms with Gasteiger partial charge in [0.1, 0.15) is 0 Å². The molecule has 0 spiro atoms. The van der Waals surface area contributed by atoms with Gasteiger partial charge in [-0.15, -0.1) is 0 Å². The maximum absolute atomic E-state index is 5.49. The molecule has 2 aromatic carbocycles. The molecular formula is C22H28BrN3S. The van der Waals surface area contributed by atoms with Crippen LogP contribution < -0.4 is 15.5 Å². The van der Waals surface area contributed by atoms with Gasteiger partial charge in [0.25, 0.3) is 0 Å². The first-order valence-corrected chi connectivity index (χ1v) is 10.8. The van der Waals surface area contributed by atoms with Crippen molar-refractivity contribution < 1.29 is 0 Å². The maximum atomic E-state index is 5.49. The fraction of sp³-hybridized carbons (Fsp3) is 0.409. The minimum atomic E-state index is 0.149. The molecule has 2 atom stereocenters. The second-order valence-corrected chi connectivity index (χ2v) is 8.83. The van der Waals surface area contributed by atoms with Crippen molar-refractivity contribution in [2.45, 2.75) is 39.7 Å². The molecule has 2 aromatic rings. The predicted octanol–water partition coefficient (Wildman–Crippen LogP) is 6.04. The number of thiocarbonyl (C=S) groups is 1. The number of rotatable bonds is 4. The van der Waals surface area contributed by atoms with E-state index in [1.54, 1.807) is 0 Å². The molecular weight excluding hydrogens is 418 g/mol. The molecule has 0 radical (unpaired) electrons. The van der Waals surface area contributed by atoms with Crippen molar-refractivity contribution in [1.82, 2.24) is 5.32 Å². The van der Waals surface area contributed by atoms with Crippen LogP contribution in [0.15, 0.2) is 46.9 Å². The Morgan fingerprint density at radius 3 is 2.63 bits per heavy atom. The molecule has 5 heteroatoms. The lowest BCUT2D eigenvalue weighted by atomic mass is 9.99. The van der Waals surface area contributed by atoms with Gasteiger partial charge in [-0.25, -0.2) is 0 Å². The van der Waals surface area contributed by atoms with Crippen molar-refractivity contribution in [3.8, 4) is 0 Å². The Bertz CT molecular complexity index is 791. The lowest BCUT2D eigenvalue weighted by Crippen LogP contribution is -2.34. The summed E-state index contributed by atoms with van der Waals surface area (Å²) in [5.41, 5.74) is 4.73. The Labute approximate surface area is 176 Å². The van der Waals surface area contributed by atoms with Crippen LogP contribution in [0.4, 0.5) is 11.4 Å². The van der Waals surface area contributed by atoms with Crippen molar-refractivity contribution in [2.24, 2.45) is 5.92 Å². The van der Waals surface area contributed by atoms with Crippen molar-refractivity contribution >= 4 is 44.6 Å². The van der Waals surface area contributed by atoms with Gasteiger partial charge in [0, 0.05) is 28.9 Å². The van der Waals surface area contributed by atoms with Gasteiger partial charge >= 0.3 is 0 Å². The molecule has 2 N–H and O–H groups in total. The summed E-state index contributed by atoms with van der Waals surface area (Å²) in [5, 5.41) is 7.29. The van der Waals surface area contributed by atoms with Gasteiger partial charge in [0.05, 0.1) is 6.04 Å². The Hall–Kier alpha value is -1.59. The van der Waals surface area contributed by atoms with Gasteiger partial charge in [-0.2, -0.15) is 0 Å². The minimum absolute atomic E-state index is 0.149. The second kappa shape index (κ2) is 9.07. The molecule has 0 bridgehead atoms. The number of aryl methyl sites for hydroxylation is 1. The van der Waals surface area contributed by atoms with Crippen LogP contribution in [0.1, 0.15) is 43.9 Å². The topological polar surface area (TPSA) is 27.3 Å². The quantitative estimate of drug-likeness (QED) is 0.560. The summed E-state index contributed by atoms with van der Waals surface area (Å²) in [4.78, 5) is 2.50. The highest BCUT2D eigenvalue weighted by Crippen LogP contribution is 2.25. The van der Waals surface area contributed by atoms with Crippen LogP contribution in [0.3, 0.4) is 0 Å². The minimum Gasteiger partial charge on any atom is -0.371 e. The fourth-order valence-corrected chi connectivity index (χ4v) is 4.11. The lowest BCUT2D eigenvalue weighted by Gasteiger charge is -2.33. The highest BCUT2D eigenvalue weighted by molar-refractivity contribution is 9.10. The molecule has 0 amide bonds. The van der Waals surface area contributed by atoms with Gasteiger partial charge in [-0.05, 0) is 86.3 Å². The first-order chi connectivity index (χ1) is 12.9. The van der Waals surface area contributed by atoms with E-state index in [4.69, 9.17) is 12.2 Å². The summed E-state index contributed by atoms with van der Waals surface area (Å²) in [6.45, 7) is 8.87. The largest absolute Gasteiger partial charge is 0.371 e. The molecule has 144 valence electrons. The Morgan fingerprint density at radius 2 is 1.96 bits per heavy atom. The smallest absolute Gasteiger partial charge is 0.171 e. The molecule has 1 fully saturated rings. The van der Waals surface area contributed by atoms with Crippen LogP contribution in [-0.4, -0.2) is 18.2 Å². The van der Waals surface area contributed by atoms with Crippen molar-refractivity contribution in [3.63, 3.8) is 0 Å². The fourth-order valence-electron chi connectivity index (χ4n) is 3.57. The molecule has 3 nitrogen and oxygen atoms in total. The van der Waals surface area contributed by atoms with Gasteiger partial charge in [-0.1, -0.05) is 35.0 Å². The van der Waals surface area contributed by atoms with E-state index in [0.717, 1.165) is 29.2 Å². The third-order valence-electron chi connectivity index (χ3n) is 5.18. The van der Waals surface area contributed by atoms with Gasteiger partial charge in [0.15, 0.2) is 5.11 Å². The standard InChI is InChI=1S/C22H28BrN3S/c1-15-5-4-12-26(14-15)20-9-6-18(7-10-20)17(3)24-22(27)25-19-8-11-21(23)16(2)13-19/h6-11,13,15,17H,4-5,12,14H2,1-3H3,(H2,24,25,27)/t15-,17-/m0/s1. The number of hydrogen-bond acceptors (Lipinski definition) is 2. The molecule has 1 saturated heterocycles. The van der Waals surface area contributed by atoms with E-state index in [1.807, 2.05) is 12.1 Å². The van der Waals surface area contributed by atoms with Crippen LogP contribution in [0.25, 0.3) is 0 Å². The van der Waals surface area contributed by atoms with Crippen molar-refractivity contribution in [1.29, 1.82) is 0 Å². The third-order valence-corrected chi connectivity index (χ3v) is 6.29. The molecule has 0 saturated carbocycles. The number of nitrogens with zero attached hydrogens (tertiary/aromatic N) is 1. The predicted molar refractivity (Wildman–Crippen MR) is 124 cm³/mol. The highest BCUT2D eigenvalue weighted by Gasteiger charge is 2.17. The van der Waals surface area contributed by atoms with E-state index in [1.165, 1.54) is 29.7 Å². The van der Waals surface area contributed by atoms with Gasteiger partial charge < -0.3 is 15.5 Å². The first-order valence-electron chi connectivity index (χ1n) is 9.61. The van der Waals surface area contributed by atoms with E-state index in [0.29, 0.717) is 5.11 Å². The zero-order chi connectivity index (χ0) is 19.4. The molecule has 27 heavy (non-hydrogen) atoms. The average molecular weight is 446 g/mol. The monoisotopic (exact) mass is 445 g/mol. The molecule has 0 aliphatic carbocycles. The number of piperidine rings is 1. The SMILES string of the molecule is Cc1cc(NC(=S)N[C@@H](C)c2ccc(N3CCC[C@H](C)C3)cc2)ccc1Br. The summed E-state index contributed by atoms with van der Waals surface area (Å²) in [5.74, 6) is 0.782. The average Bonchev–Trinajstić information content (AvgIpc) is 2.65. The number of nitrogens with one attached hydrogen (secondary N) is 2. The summed E-state index contributed by atoms with van der Waals surface area (Å²) < 4.78 is 1.10. The Morgan fingerprint density at radius 1 is 1.22 bits per heavy atom. The number of hydrogen-bond donors (Lipinski definition) is 2. The molecule has 0 aromatic heterocycles. The normalized spacial score (nSPS) is 18.1. The van der Waals surface area contributed by atoms with Crippen molar-refractivity contribution in [3.05, 3.63) is 58.1 Å². The summed E-state index contributed by atoms with van der Waals surface area (Å²) in [7, 11) is 0. The van der Waals surface area contributed by atoms with E-state index in [2.05, 4.69) is 82.6 Å². The van der Waals surface area contributed by atoms with Crippen molar-refractivity contribution in [2.75, 3.05) is 23.3 Å². The van der Waals surface area contributed by atoms with Gasteiger partial charge in [0.2, 0.25) is 0 Å². The molecule has 1 aliphatic rings. The first kappa shape index (κ1) is 20.2. The molecule has 3 rings (SSSR count). The van der Waals surface area contributed by atoms with Gasteiger partial charge in [-0.3, -0.25) is 0 Å². The molecule has 1 heterocycles. The van der Waals surface area contributed by atoms with Crippen LogP contribution in [0.2, 0.25) is 0 Å². The number of benzene rings is 2. The lowest BCUT2D eigenvalue weighted by molar-refractivity contribution is 0.447. The number of anilines is 2. The summed E-state index contributed by atoms with van der Waals surface area (Å²) in [6.07, 6.45) is 2.63. The zero-order valence-corrected chi connectivity index (χ0v) is 18.7. The highest BCUT2D eigenvalue weighted by atomic mass is 79.9. The van der Waals surface area contributed by atoms with Crippen LogP contribution >= 0.6 is 28.1 Å². The van der Waals surface area contributed by atoms with Crippen LogP contribution in [-0.2, 0) is 0 Å². The Balaban J connectivity index is 1.57. The van der Waals surface area contributed by atoms with Crippen LogP contribution in [0, 0.1) is 12.8 Å². The zero-order valence-electron chi connectivity index (χ0n) is 16.3. The molecule has 1 aliphatic heterocycles. The van der Waals surface area contributed by atoms with Crippen LogP contribution in [0.5, 0.6) is 0 Å². The maximum Gasteiger partial charge on any atom is 0.171 e. The van der Waals surface area contributed by atoms with E-state index in [-0.39, 0.29) is 6.04 Å². The molecule has 0 unspecified atom stereocenters. The second-order valence-electron chi connectivity index (χ2n) is 7.57. The summed E-state index contributed by atoms with van der Waals surface area (Å²) >= 11 is 9.01. The third kappa shape index (κ3) is 5.45. The van der Waals surface area contributed by atoms with E-state index in [9.17, 15) is 0 Å². The Kier molecular flexibility index (Phi) is 6.77. The summed E-state index contributed by atoms with van der Waals surface area (Å²) in [6, 6.07) is 15.2. The van der Waals surface area contributed by atoms with E-state index < -0.39 is 0 Å². The number of halogens is 1.